The van der Waals surface area contributed by atoms with E-state index in [1.54, 1.807) is 30.5 Å². The molecule has 0 radical (unpaired) electrons. The van der Waals surface area contributed by atoms with Gasteiger partial charge in [-0.2, -0.15) is 5.10 Å². The first-order chi connectivity index (χ1) is 7.36. The molecule has 2 rings (SSSR count). The van der Waals surface area contributed by atoms with Crippen molar-refractivity contribution in [1.29, 1.82) is 0 Å². The molecule has 2 aromatic rings. The fourth-order valence-electron chi connectivity index (χ4n) is 1.05. The van der Waals surface area contributed by atoms with Crippen LogP contribution < -0.4 is 5.43 Å². The van der Waals surface area contributed by atoms with Gasteiger partial charge >= 0.3 is 0 Å². The van der Waals surface area contributed by atoms with E-state index in [1.807, 2.05) is 0 Å². The normalized spacial score (nSPS) is 10.7. The Morgan fingerprint density at radius 1 is 1.47 bits per heavy atom. The van der Waals surface area contributed by atoms with Gasteiger partial charge in [0.2, 0.25) is 0 Å². The number of aromatic amines is 1. The summed E-state index contributed by atoms with van der Waals surface area (Å²) in [5.74, 6) is 0.296. The van der Waals surface area contributed by atoms with E-state index in [4.69, 9.17) is 4.42 Å². The highest BCUT2D eigenvalue weighted by Crippen LogP contribution is 1.95. The van der Waals surface area contributed by atoms with Gasteiger partial charge in [0.1, 0.15) is 11.5 Å². The van der Waals surface area contributed by atoms with E-state index in [-0.39, 0.29) is 5.91 Å². The molecule has 0 fully saturated rings. The zero-order valence-electron chi connectivity index (χ0n) is 7.81. The zero-order valence-corrected chi connectivity index (χ0v) is 7.81. The quantitative estimate of drug-likeness (QED) is 0.584. The molecule has 76 valence electrons. The fraction of sp³-hybridized carbons (Fsp3) is 0. The Hall–Kier alpha value is -2.30. The number of rotatable bonds is 3. The minimum atomic E-state index is -0.289. The lowest BCUT2D eigenvalue weighted by Crippen LogP contribution is -2.17. The highest BCUT2D eigenvalue weighted by atomic mass is 16.3. The summed E-state index contributed by atoms with van der Waals surface area (Å²) < 4.78 is 5.00. The Morgan fingerprint density at radius 2 is 2.40 bits per heavy atom. The smallest absolute Gasteiger partial charge is 0.287 e. The third-order valence-corrected chi connectivity index (χ3v) is 1.74. The van der Waals surface area contributed by atoms with Crippen molar-refractivity contribution in [2.75, 3.05) is 0 Å². The van der Waals surface area contributed by atoms with E-state index >= 15 is 0 Å². The van der Waals surface area contributed by atoms with Gasteiger partial charge in [-0.25, -0.2) is 5.43 Å². The summed E-state index contributed by atoms with van der Waals surface area (Å²) in [4.78, 5) is 14.1. The van der Waals surface area contributed by atoms with Crippen LogP contribution in [0.3, 0.4) is 0 Å². The molecule has 2 heterocycles. The minimum Gasteiger partial charge on any atom is -0.463 e. The standard InChI is InChI=1S/C10H9N3O2/c14-10(9-4-1-5-11-9)13-12-7-8-3-2-6-15-8/h1-7,11H,(H,13,14)/b12-7+. The van der Waals surface area contributed by atoms with Gasteiger partial charge in [-0.05, 0) is 24.3 Å². The van der Waals surface area contributed by atoms with Crippen LogP contribution in [0.25, 0.3) is 0 Å². The lowest BCUT2D eigenvalue weighted by Gasteiger charge is -1.94. The maximum absolute atomic E-state index is 11.3. The molecule has 2 aromatic heterocycles. The minimum absolute atomic E-state index is 0.289. The van der Waals surface area contributed by atoms with Crippen LogP contribution >= 0.6 is 0 Å². The predicted molar refractivity (Wildman–Crippen MR) is 54.6 cm³/mol. The number of nitrogens with zero attached hydrogens (tertiary/aromatic N) is 1. The first-order valence-corrected chi connectivity index (χ1v) is 4.36. The van der Waals surface area contributed by atoms with Gasteiger partial charge < -0.3 is 9.40 Å². The van der Waals surface area contributed by atoms with E-state index in [9.17, 15) is 4.79 Å². The van der Waals surface area contributed by atoms with Crippen molar-refractivity contribution in [2.45, 2.75) is 0 Å². The third kappa shape index (κ3) is 2.34. The monoisotopic (exact) mass is 203 g/mol. The number of hydrogen-bond donors (Lipinski definition) is 2. The highest BCUT2D eigenvalue weighted by Gasteiger charge is 2.02. The molecule has 0 aliphatic heterocycles. The molecular formula is C10H9N3O2. The second-order valence-corrected chi connectivity index (χ2v) is 2.80. The van der Waals surface area contributed by atoms with Crippen molar-refractivity contribution >= 4 is 12.1 Å². The van der Waals surface area contributed by atoms with Crippen LogP contribution in [-0.2, 0) is 0 Å². The van der Waals surface area contributed by atoms with Gasteiger partial charge in [-0.3, -0.25) is 4.79 Å². The Kier molecular flexibility index (Phi) is 2.64. The van der Waals surface area contributed by atoms with Crippen molar-refractivity contribution < 1.29 is 9.21 Å². The summed E-state index contributed by atoms with van der Waals surface area (Å²) in [6.07, 6.45) is 4.64. The Morgan fingerprint density at radius 3 is 3.07 bits per heavy atom. The van der Waals surface area contributed by atoms with Crippen LogP contribution in [-0.4, -0.2) is 17.1 Å². The molecule has 0 unspecified atom stereocenters. The SMILES string of the molecule is O=C(N/N=C/c1ccco1)c1ccc[nH]1. The Labute approximate surface area is 85.8 Å². The van der Waals surface area contributed by atoms with Crippen LogP contribution in [0.15, 0.2) is 46.2 Å². The van der Waals surface area contributed by atoms with Gasteiger partial charge in [0.15, 0.2) is 0 Å². The predicted octanol–water partition coefficient (Wildman–Crippen LogP) is 1.37. The summed E-state index contributed by atoms with van der Waals surface area (Å²) in [6, 6.07) is 6.89. The summed E-state index contributed by atoms with van der Waals surface area (Å²) in [6.45, 7) is 0. The number of amides is 1. The molecular weight excluding hydrogens is 194 g/mol. The van der Waals surface area contributed by atoms with E-state index in [0.29, 0.717) is 11.5 Å². The number of aromatic nitrogens is 1. The van der Waals surface area contributed by atoms with Gasteiger partial charge in [0.25, 0.3) is 5.91 Å². The van der Waals surface area contributed by atoms with Gasteiger partial charge in [-0.15, -0.1) is 0 Å². The number of H-pyrrole nitrogens is 1. The molecule has 0 aromatic carbocycles. The molecule has 0 atom stereocenters. The second kappa shape index (κ2) is 4.28. The summed E-state index contributed by atoms with van der Waals surface area (Å²) in [7, 11) is 0. The molecule has 0 aliphatic carbocycles. The van der Waals surface area contributed by atoms with Crippen molar-refractivity contribution in [3.8, 4) is 0 Å². The highest BCUT2D eigenvalue weighted by molar-refractivity contribution is 5.92. The van der Waals surface area contributed by atoms with Crippen LogP contribution in [0.4, 0.5) is 0 Å². The molecule has 5 heteroatoms. The van der Waals surface area contributed by atoms with Gasteiger partial charge in [0, 0.05) is 6.20 Å². The molecule has 0 bridgehead atoms. The molecule has 1 amide bonds. The number of carbonyl (C=O) groups is 1. The average Bonchev–Trinajstić information content (AvgIpc) is 2.90. The molecule has 5 nitrogen and oxygen atoms in total. The van der Waals surface area contributed by atoms with Gasteiger partial charge in [-0.1, -0.05) is 0 Å². The zero-order chi connectivity index (χ0) is 10.5. The maximum atomic E-state index is 11.3. The summed E-state index contributed by atoms with van der Waals surface area (Å²) >= 11 is 0. The van der Waals surface area contributed by atoms with Crippen molar-refractivity contribution in [2.24, 2.45) is 5.10 Å². The van der Waals surface area contributed by atoms with Crippen LogP contribution in [0.2, 0.25) is 0 Å². The lowest BCUT2D eigenvalue weighted by atomic mass is 10.4. The van der Waals surface area contributed by atoms with E-state index < -0.39 is 0 Å². The first kappa shape index (κ1) is 9.26. The number of hydrazone groups is 1. The van der Waals surface area contributed by atoms with E-state index in [0.717, 1.165) is 0 Å². The topological polar surface area (TPSA) is 70.4 Å². The van der Waals surface area contributed by atoms with Crippen molar-refractivity contribution in [3.63, 3.8) is 0 Å². The number of nitrogens with one attached hydrogen (secondary N) is 2. The third-order valence-electron chi connectivity index (χ3n) is 1.74. The fourth-order valence-corrected chi connectivity index (χ4v) is 1.05. The van der Waals surface area contributed by atoms with Crippen LogP contribution in [0.5, 0.6) is 0 Å². The van der Waals surface area contributed by atoms with E-state index in [2.05, 4.69) is 15.5 Å². The summed E-state index contributed by atoms with van der Waals surface area (Å²) in [5.41, 5.74) is 2.83. The molecule has 0 aliphatic rings. The molecule has 0 spiro atoms. The first-order valence-electron chi connectivity index (χ1n) is 4.36. The second-order valence-electron chi connectivity index (χ2n) is 2.80. The van der Waals surface area contributed by atoms with Crippen molar-refractivity contribution in [1.82, 2.24) is 10.4 Å². The molecule has 15 heavy (non-hydrogen) atoms. The molecule has 2 N–H and O–H groups in total. The molecule has 0 saturated carbocycles. The largest absolute Gasteiger partial charge is 0.463 e. The van der Waals surface area contributed by atoms with Gasteiger partial charge in [0.05, 0.1) is 12.5 Å². The van der Waals surface area contributed by atoms with E-state index in [1.165, 1.54) is 12.5 Å². The van der Waals surface area contributed by atoms with Crippen molar-refractivity contribution in [3.05, 3.63) is 48.2 Å². The lowest BCUT2D eigenvalue weighted by molar-refractivity contribution is 0.0951. The molecule has 0 saturated heterocycles. The Bertz CT molecular complexity index is 443. The van der Waals surface area contributed by atoms with Crippen LogP contribution in [0.1, 0.15) is 16.2 Å². The average molecular weight is 203 g/mol. The number of furan rings is 1. The Balaban J connectivity index is 1.91. The number of hydrogen-bond acceptors (Lipinski definition) is 3. The summed E-state index contributed by atoms with van der Waals surface area (Å²) in [5, 5.41) is 3.73. The van der Waals surface area contributed by atoms with Crippen LogP contribution in [0, 0.1) is 0 Å². The maximum Gasteiger partial charge on any atom is 0.287 e. The number of carbonyl (C=O) groups excluding carboxylic acids is 1.